The molecule has 0 bridgehead atoms. The highest BCUT2D eigenvalue weighted by molar-refractivity contribution is 5.81. The minimum absolute atomic E-state index is 0.183. The third kappa shape index (κ3) is 3.43. The molecule has 0 heterocycles. The van der Waals surface area contributed by atoms with Crippen LogP contribution < -0.4 is 15.8 Å². The van der Waals surface area contributed by atoms with Crippen molar-refractivity contribution in [2.75, 3.05) is 7.11 Å². The van der Waals surface area contributed by atoms with E-state index in [1.807, 2.05) is 6.92 Å². The number of hydrogen-bond donors (Lipinski definition) is 2. The Morgan fingerprint density at radius 3 is 2.72 bits per heavy atom. The van der Waals surface area contributed by atoms with Crippen molar-refractivity contribution in [1.29, 1.82) is 0 Å². The molecule has 4 nitrogen and oxygen atoms in total. The summed E-state index contributed by atoms with van der Waals surface area (Å²) in [6, 6.07) is 3.77. The van der Waals surface area contributed by atoms with E-state index >= 15 is 0 Å². The lowest BCUT2D eigenvalue weighted by molar-refractivity contribution is -0.123. The number of rotatable bonds is 5. The van der Waals surface area contributed by atoms with E-state index in [0.29, 0.717) is 12.0 Å². The average molecular weight is 254 g/mol. The Bertz CT molecular complexity index is 423. The number of carbonyl (C=O) groups is 1. The molecule has 100 valence electrons. The average Bonchev–Trinajstić information content (AvgIpc) is 2.37. The van der Waals surface area contributed by atoms with Crippen LogP contribution in [0.4, 0.5) is 4.39 Å². The second-order valence-corrected chi connectivity index (χ2v) is 4.14. The Morgan fingerprint density at radius 2 is 2.22 bits per heavy atom. The standard InChI is InChI=1S/C13H19FN2O2/c1-4-11(15)13(17)16-8(2)9-5-6-12(18-3)10(14)7-9/h5-8,11H,4,15H2,1-3H3,(H,16,17)/t8?,11-/m1/s1. The first-order valence-electron chi connectivity index (χ1n) is 5.89. The van der Waals surface area contributed by atoms with E-state index in [2.05, 4.69) is 5.32 Å². The van der Waals surface area contributed by atoms with Crippen LogP contribution in [-0.4, -0.2) is 19.1 Å². The van der Waals surface area contributed by atoms with Gasteiger partial charge in [0, 0.05) is 0 Å². The summed E-state index contributed by atoms with van der Waals surface area (Å²) in [5.41, 5.74) is 6.28. The Balaban J connectivity index is 2.75. The van der Waals surface area contributed by atoms with E-state index in [-0.39, 0.29) is 17.7 Å². The number of halogens is 1. The van der Waals surface area contributed by atoms with Crippen molar-refractivity contribution in [3.63, 3.8) is 0 Å². The largest absolute Gasteiger partial charge is 0.494 e. The van der Waals surface area contributed by atoms with Crippen molar-refractivity contribution in [3.05, 3.63) is 29.6 Å². The number of nitrogens with two attached hydrogens (primary N) is 1. The third-order valence-electron chi connectivity index (χ3n) is 2.81. The topological polar surface area (TPSA) is 64.4 Å². The summed E-state index contributed by atoms with van der Waals surface area (Å²) in [6.07, 6.45) is 0.565. The van der Waals surface area contributed by atoms with Gasteiger partial charge in [0.25, 0.3) is 0 Å². The van der Waals surface area contributed by atoms with Gasteiger partial charge in [-0.2, -0.15) is 0 Å². The molecular weight excluding hydrogens is 235 g/mol. The van der Waals surface area contributed by atoms with Gasteiger partial charge in [0.1, 0.15) is 0 Å². The fourth-order valence-electron chi connectivity index (χ4n) is 1.54. The summed E-state index contributed by atoms with van der Waals surface area (Å²) < 4.78 is 18.3. The maximum absolute atomic E-state index is 13.5. The number of benzene rings is 1. The number of carbonyl (C=O) groups excluding carboxylic acids is 1. The molecule has 18 heavy (non-hydrogen) atoms. The molecule has 0 radical (unpaired) electrons. The maximum atomic E-state index is 13.5. The molecule has 1 unspecified atom stereocenters. The van der Waals surface area contributed by atoms with E-state index in [4.69, 9.17) is 10.5 Å². The molecule has 0 aromatic heterocycles. The molecule has 0 saturated heterocycles. The zero-order valence-corrected chi connectivity index (χ0v) is 10.9. The quantitative estimate of drug-likeness (QED) is 0.841. The molecule has 5 heteroatoms. The smallest absolute Gasteiger partial charge is 0.237 e. The van der Waals surface area contributed by atoms with Gasteiger partial charge < -0.3 is 15.8 Å². The Morgan fingerprint density at radius 1 is 1.56 bits per heavy atom. The molecule has 0 aliphatic heterocycles. The highest BCUT2D eigenvalue weighted by Gasteiger charge is 2.16. The normalized spacial score (nSPS) is 13.8. The first-order valence-corrected chi connectivity index (χ1v) is 5.89. The van der Waals surface area contributed by atoms with Gasteiger partial charge in [-0.1, -0.05) is 13.0 Å². The fourth-order valence-corrected chi connectivity index (χ4v) is 1.54. The molecule has 1 aromatic carbocycles. The molecule has 0 saturated carbocycles. The van der Waals surface area contributed by atoms with Gasteiger partial charge in [0.05, 0.1) is 19.2 Å². The van der Waals surface area contributed by atoms with Crippen LogP contribution in [0.15, 0.2) is 18.2 Å². The van der Waals surface area contributed by atoms with Crippen LogP contribution >= 0.6 is 0 Å². The van der Waals surface area contributed by atoms with Gasteiger partial charge in [0.2, 0.25) is 5.91 Å². The highest BCUT2D eigenvalue weighted by Crippen LogP contribution is 2.21. The zero-order chi connectivity index (χ0) is 13.7. The van der Waals surface area contributed by atoms with Crippen LogP contribution in [0, 0.1) is 5.82 Å². The number of amides is 1. The van der Waals surface area contributed by atoms with Crippen LogP contribution in [0.5, 0.6) is 5.75 Å². The van der Waals surface area contributed by atoms with Crippen molar-refractivity contribution in [2.24, 2.45) is 5.73 Å². The molecular formula is C13H19FN2O2. The van der Waals surface area contributed by atoms with E-state index < -0.39 is 11.9 Å². The minimum atomic E-state index is -0.532. The summed E-state index contributed by atoms with van der Waals surface area (Å²) in [5.74, 6) is -0.500. The van der Waals surface area contributed by atoms with Crippen molar-refractivity contribution in [3.8, 4) is 5.75 Å². The molecule has 1 amide bonds. The van der Waals surface area contributed by atoms with E-state index in [9.17, 15) is 9.18 Å². The predicted molar refractivity (Wildman–Crippen MR) is 67.8 cm³/mol. The molecule has 0 aliphatic rings. The summed E-state index contributed by atoms with van der Waals surface area (Å²) in [6.45, 7) is 3.61. The second kappa shape index (κ2) is 6.35. The van der Waals surface area contributed by atoms with Crippen LogP contribution in [0.3, 0.4) is 0 Å². The third-order valence-corrected chi connectivity index (χ3v) is 2.81. The predicted octanol–water partition coefficient (Wildman–Crippen LogP) is 1.75. The summed E-state index contributed by atoms with van der Waals surface area (Å²) in [4.78, 5) is 11.6. The summed E-state index contributed by atoms with van der Waals surface area (Å²) >= 11 is 0. The second-order valence-electron chi connectivity index (χ2n) is 4.14. The lowest BCUT2D eigenvalue weighted by atomic mass is 10.1. The van der Waals surface area contributed by atoms with E-state index in [0.717, 1.165) is 0 Å². The summed E-state index contributed by atoms with van der Waals surface area (Å²) in [7, 11) is 1.41. The number of methoxy groups -OCH3 is 1. The van der Waals surface area contributed by atoms with E-state index in [1.165, 1.54) is 19.2 Å². The van der Waals surface area contributed by atoms with Crippen molar-refractivity contribution < 1.29 is 13.9 Å². The van der Waals surface area contributed by atoms with Gasteiger partial charge in [-0.25, -0.2) is 4.39 Å². The SMILES string of the molecule is CC[C@@H](N)C(=O)NC(C)c1ccc(OC)c(F)c1. The van der Waals surface area contributed by atoms with Crippen molar-refractivity contribution >= 4 is 5.91 Å². The van der Waals surface area contributed by atoms with Crippen LogP contribution in [-0.2, 0) is 4.79 Å². The lowest BCUT2D eigenvalue weighted by Gasteiger charge is -2.17. The zero-order valence-electron chi connectivity index (χ0n) is 10.9. The molecule has 3 N–H and O–H groups in total. The van der Waals surface area contributed by atoms with Gasteiger partial charge in [-0.05, 0) is 31.0 Å². The number of hydrogen-bond acceptors (Lipinski definition) is 3. The Kier molecular flexibility index (Phi) is 5.09. The molecule has 1 aromatic rings. The Hall–Kier alpha value is -1.62. The van der Waals surface area contributed by atoms with Crippen molar-refractivity contribution in [1.82, 2.24) is 5.32 Å². The van der Waals surface area contributed by atoms with Gasteiger partial charge in [0.15, 0.2) is 11.6 Å². The van der Waals surface area contributed by atoms with Crippen LogP contribution in [0.25, 0.3) is 0 Å². The molecule has 0 fully saturated rings. The molecule has 0 aliphatic carbocycles. The first kappa shape index (κ1) is 14.4. The fraction of sp³-hybridized carbons (Fsp3) is 0.462. The monoisotopic (exact) mass is 254 g/mol. The highest BCUT2D eigenvalue weighted by atomic mass is 19.1. The molecule has 2 atom stereocenters. The van der Waals surface area contributed by atoms with Crippen LogP contribution in [0.1, 0.15) is 31.9 Å². The van der Waals surface area contributed by atoms with Gasteiger partial charge in [-0.15, -0.1) is 0 Å². The lowest BCUT2D eigenvalue weighted by Crippen LogP contribution is -2.41. The van der Waals surface area contributed by atoms with Gasteiger partial charge >= 0.3 is 0 Å². The number of nitrogens with one attached hydrogen (secondary N) is 1. The van der Waals surface area contributed by atoms with Crippen molar-refractivity contribution in [2.45, 2.75) is 32.4 Å². The first-order chi connectivity index (χ1) is 8.49. The Labute approximate surface area is 106 Å². The van der Waals surface area contributed by atoms with Gasteiger partial charge in [-0.3, -0.25) is 4.79 Å². The van der Waals surface area contributed by atoms with Crippen LogP contribution in [0.2, 0.25) is 0 Å². The molecule has 0 spiro atoms. The minimum Gasteiger partial charge on any atom is -0.494 e. The molecule has 1 rings (SSSR count). The summed E-state index contributed by atoms with van der Waals surface area (Å²) in [5, 5.41) is 2.74. The number of ether oxygens (including phenoxy) is 1. The van der Waals surface area contributed by atoms with E-state index in [1.54, 1.807) is 13.0 Å². The maximum Gasteiger partial charge on any atom is 0.237 e.